The molecule has 0 radical (unpaired) electrons. The number of carbonyl (C=O) groups is 2. The summed E-state index contributed by atoms with van der Waals surface area (Å²) in [7, 11) is 0. The van der Waals surface area contributed by atoms with E-state index in [1.807, 2.05) is 6.08 Å². The second-order valence-corrected chi connectivity index (χ2v) is 20.0. The Morgan fingerprint density at radius 2 is 0.970 bits per heavy atom. The van der Waals surface area contributed by atoms with Gasteiger partial charge in [-0.05, 0) is 25.7 Å². The molecule has 1 heterocycles. The minimum atomic E-state index is -1.60. The van der Waals surface area contributed by atoms with Crippen molar-refractivity contribution >= 4 is 11.9 Å². The number of allylic oxidation sites excluding steroid dienone is 1. The Morgan fingerprint density at radius 3 is 1.40 bits per heavy atom. The van der Waals surface area contributed by atoms with Gasteiger partial charge in [-0.1, -0.05) is 251 Å². The lowest BCUT2D eigenvalue weighted by atomic mass is 9.99. The minimum Gasteiger partial charge on any atom is -0.454 e. The molecule has 11 nitrogen and oxygen atoms in total. The van der Waals surface area contributed by atoms with Crippen LogP contribution in [0.3, 0.4) is 0 Å². The summed E-state index contributed by atoms with van der Waals surface area (Å²) in [6, 6.07) is -1.01. The van der Waals surface area contributed by atoms with Crippen LogP contribution < -0.4 is 5.32 Å². The second-order valence-electron chi connectivity index (χ2n) is 20.0. The second kappa shape index (κ2) is 45.5. The molecule has 0 aromatic carbocycles. The van der Waals surface area contributed by atoms with Crippen molar-refractivity contribution in [2.75, 3.05) is 13.2 Å². The van der Waals surface area contributed by atoms with Crippen LogP contribution in [0.15, 0.2) is 12.2 Å². The lowest BCUT2D eigenvalue weighted by Gasteiger charge is -2.41. The molecule has 1 aliphatic heterocycles. The van der Waals surface area contributed by atoms with E-state index >= 15 is 0 Å². The number of amides is 1. The van der Waals surface area contributed by atoms with Gasteiger partial charge in [-0.25, -0.2) is 0 Å². The van der Waals surface area contributed by atoms with Crippen LogP contribution in [0, 0.1) is 0 Å². The standard InChI is InChI=1S/C56H107NO10/c1-4-7-10-13-16-19-22-23-24-25-26-27-29-32-35-38-41-44-51(61)67-54-53(63)52(62)50(45-58)66-56(54)65-46-47(48(59)42-39-36-33-31-28-20-17-14-11-8-5-2)57-55(64)49(60)43-40-37-34-30-21-18-15-12-9-6-3/h39,42,47-50,52-54,56,58-60,62-63H,4-38,40-41,43-46H2,1-3H3,(H,57,64)/b42-39+. The number of nitrogens with one attached hydrogen (secondary N) is 1. The Balaban J connectivity index is 2.69. The maximum absolute atomic E-state index is 13.3. The third-order valence-corrected chi connectivity index (χ3v) is 13.7. The van der Waals surface area contributed by atoms with Crippen LogP contribution >= 0.6 is 0 Å². The first-order valence-corrected chi connectivity index (χ1v) is 28.5. The molecule has 0 aliphatic carbocycles. The van der Waals surface area contributed by atoms with E-state index in [2.05, 4.69) is 26.1 Å². The highest BCUT2D eigenvalue weighted by atomic mass is 16.7. The summed E-state index contributed by atoms with van der Waals surface area (Å²) in [5.74, 6) is -1.18. The maximum atomic E-state index is 13.3. The Hall–Kier alpha value is -1.60. The molecule has 396 valence electrons. The van der Waals surface area contributed by atoms with E-state index in [9.17, 15) is 35.1 Å². The van der Waals surface area contributed by atoms with Crippen molar-refractivity contribution in [3.8, 4) is 0 Å². The molecule has 8 unspecified atom stereocenters. The molecule has 67 heavy (non-hydrogen) atoms. The Bertz CT molecular complexity index is 1140. The first-order chi connectivity index (χ1) is 32.7. The van der Waals surface area contributed by atoms with E-state index < -0.39 is 67.4 Å². The molecule has 0 bridgehead atoms. The van der Waals surface area contributed by atoms with Crippen molar-refractivity contribution in [1.82, 2.24) is 5.32 Å². The molecule has 0 saturated carbocycles. The van der Waals surface area contributed by atoms with Gasteiger partial charge in [0.05, 0.1) is 25.4 Å². The normalized spacial score (nSPS) is 20.0. The molecule has 11 heteroatoms. The number of ether oxygens (including phenoxy) is 3. The fraction of sp³-hybridized carbons (Fsp3) is 0.929. The molecule has 0 spiro atoms. The number of hydrogen-bond donors (Lipinski definition) is 6. The van der Waals surface area contributed by atoms with Gasteiger partial charge in [0.15, 0.2) is 12.4 Å². The topological polar surface area (TPSA) is 175 Å². The Morgan fingerprint density at radius 1 is 0.567 bits per heavy atom. The van der Waals surface area contributed by atoms with Gasteiger partial charge in [-0.15, -0.1) is 0 Å². The van der Waals surface area contributed by atoms with Crippen LogP contribution in [0.1, 0.15) is 271 Å². The van der Waals surface area contributed by atoms with E-state index in [0.29, 0.717) is 19.3 Å². The van der Waals surface area contributed by atoms with Gasteiger partial charge in [-0.2, -0.15) is 0 Å². The first kappa shape index (κ1) is 63.4. The summed E-state index contributed by atoms with van der Waals surface area (Å²) in [5, 5.41) is 56.6. The predicted octanol–water partition coefficient (Wildman–Crippen LogP) is 12.4. The first-order valence-electron chi connectivity index (χ1n) is 28.5. The lowest BCUT2D eigenvalue weighted by Crippen LogP contribution is -2.61. The van der Waals surface area contributed by atoms with Crippen LogP contribution in [-0.4, -0.2) is 99.6 Å². The SMILES string of the molecule is CCCCCCCCCCC/C=C/C(O)C(COC1OC(CO)C(O)C(O)C1OC(=O)CCCCCCCCCCCCCCCCCCC)NC(=O)C(O)CCCCCCCCCCCC. The van der Waals surface area contributed by atoms with Gasteiger partial charge >= 0.3 is 5.97 Å². The number of esters is 1. The van der Waals surface area contributed by atoms with Gasteiger partial charge in [0.1, 0.15) is 24.4 Å². The smallest absolute Gasteiger partial charge is 0.306 e. The van der Waals surface area contributed by atoms with Crippen molar-refractivity contribution < 1.29 is 49.3 Å². The van der Waals surface area contributed by atoms with Crippen LogP contribution in [0.4, 0.5) is 0 Å². The summed E-state index contributed by atoms with van der Waals surface area (Å²) in [4.78, 5) is 26.4. The molecule has 6 N–H and O–H groups in total. The molecule has 0 aromatic rings. The van der Waals surface area contributed by atoms with Crippen LogP contribution in [0.2, 0.25) is 0 Å². The third kappa shape index (κ3) is 34.4. The Kier molecular flexibility index (Phi) is 43.1. The highest BCUT2D eigenvalue weighted by Gasteiger charge is 2.47. The van der Waals surface area contributed by atoms with Crippen molar-refractivity contribution in [2.45, 2.75) is 320 Å². The Labute approximate surface area is 410 Å². The van der Waals surface area contributed by atoms with Crippen LogP contribution in [-0.2, 0) is 23.8 Å². The van der Waals surface area contributed by atoms with Crippen LogP contribution in [0.25, 0.3) is 0 Å². The monoisotopic (exact) mass is 954 g/mol. The summed E-state index contributed by atoms with van der Waals surface area (Å²) in [5.41, 5.74) is 0. The zero-order valence-electron chi connectivity index (χ0n) is 43.5. The zero-order chi connectivity index (χ0) is 49.0. The number of hydrogen-bond acceptors (Lipinski definition) is 10. The quantitative estimate of drug-likeness (QED) is 0.0196. The van der Waals surface area contributed by atoms with Crippen molar-refractivity contribution in [1.29, 1.82) is 0 Å². The molecule has 0 aromatic heterocycles. The van der Waals surface area contributed by atoms with Gasteiger partial charge in [-0.3, -0.25) is 9.59 Å². The van der Waals surface area contributed by atoms with Crippen molar-refractivity contribution in [3.05, 3.63) is 12.2 Å². The van der Waals surface area contributed by atoms with Gasteiger partial charge in [0.2, 0.25) is 5.91 Å². The predicted molar refractivity (Wildman–Crippen MR) is 274 cm³/mol. The van der Waals surface area contributed by atoms with E-state index in [-0.39, 0.29) is 13.0 Å². The van der Waals surface area contributed by atoms with Crippen molar-refractivity contribution in [2.24, 2.45) is 0 Å². The highest BCUT2D eigenvalue weighted by molar-refractivity contribution is 5.80. The number of carbonyl (C=O) groups excluding carboxylic acids is 2. The van der Waals surface area contributed by atoms with E-state index in [0.717, 1.165) is 57.8 Å². The number of aliphatic hydroxyl groups excluding tert-OH is 5. The number of aliphatic hydroxyl groups is 5. The van der Waals surface area contributed by atoms with Gasteiger partial charge in [0, 0.05) is 6.42 Å². The molecular weight excluding hydrogens is 847 g/mol. The number of rotatable bonds is 48. The summed E-state index contributed by atoms with van der Waals surface area (Å²) < 4.78 is 17.6. The largest absolute Gasteiger partial charge is 0.454 e. The fourth-order valence-corrected chi connectivity index (χ4v) is 9.12. The van der Waals surface area contributed by atoms with Crippen molar-refractivity contribution in [3.63, 3.8) is 0 Å². The average molecular weight is 954 g/mol. The van der Waals surface area contributed by atoms with E-state index in [1.165, 1.54) is 167 Å². The summed E-state index contributed by atoms with van der Waals surface area (Å²) in [6.45, 7) is 5.77. The molecule has 1 saturated heterocycles. The average Bonchev–Trinajstić information content (AvgIpc) is 3.32. The third-order valence-electron chi connectivity index (χ3n) is 13.7. The fourth-order valence-electron chi connectivity index (χ4n) is 9.12. The molecule has 1 amide bonds. The maximum Gasteiger partial charge on any atom is 0.306 e. The minimum absolute atomic E-state index is 0.131. The van der Waals surface area contributed by atoms with Gasteiger partial charge in [0.25, 0.3) is 0 Å². The van der Waals surface area contributed by atoms with Crippen LogP contribution in [0.5, 0.6) is 0 Å². The van der Waals surface area contributed by atoms with Gasteiger partial charge < -0.3 is 45.1 Å². The van der Waals surface area contributed by atoms with E-state index in [4.69, 9.17) is 14.2 Å². The van der Waals surface area contributed by atoms with E-state index in [1.54, 1.807) is 6.08 Å². The molecular formula is C56H107NO10. The molecule has 8 atom stereocenters. The molecule has 1 rings (SSSR count). The molecule has 1 aliphatic rings. The number of unbranched alkanes of at least 4 members (excludes halogenated alkanes) is 34. The zero-order valence-corrected chi connectivity index (χ0v) is 43.5. The summed E-state index contributed by atoms with van der Waals surface area (Å²) >= 11 is 0. The molecule has 1 fully saturated rings. The highest BCUT2D eigenvalue weighted by Crippen LogP contribution is 2.26. The lowest BCUT2D eigenvalue weighted by molar-refractivity contribution is -0.305. The summed E-state index contributed by atoms with van der Waals surface area (Å²) in [6.07, 6.45) is 38.4.